The Morgan fingerprint density at radius 2 is 1.18 bits per heavy atom. The van der Waals surface area contributed by atoms with Crippen LogP contribution < -0.4 is 13.8 Å². The first kappa shape index (κ1) is 18.6. The minimum atomic E-state index is 0.0718. The number of hydrogen-bond donors (Lipinski definition) is 0. The molecule has 0 aliphatic heterocycles. The smallest absolute Gasteiger partial charge is 0.0623 e. The van der Waals surface area contributed by atoms with E-state index in [2.05, 4.69) is 40.1 Å². The van der Waals surface area contributed by atoms with Gasteiger partial charge >= 0.3 is 63.0 Å². The van der Waals surface area contributed by atoms with Crippen LogP contribution in [0, 0.1) is 13.8 Å². The van der Waals surface area contributed by atoms with Crippen LogP contribution in [0.1, 0.15) is 11.1 Å². The van der Waals surface area contributed by atoms with Crippen molar-refractivity contribution in [1.29, 1.82) is 0 Å². The molecule has 0 aliphatic rings. The Balaban J connectivity index is 0.000000166. The maximum atomic E-state index is 10.3. The Morgan fingerprint density at radius 3 is 1.32 bits per heavy atom. The zero-order chi connectivity index (χ0) is 16.4. The minimum Gasteiger partial charge on any atom is -0.872 e. The third kappa shape index (κ3) is 7.52. The van der Waals surface area contributed by atoms with E-state index in [0.29, 0.717) is 0 Å². The largest absolute Gasteiger partial charge is 0.872 e. The van der Waals surface area contributed by atoms with Crippen molar-refractivity contribution in [1.82, 2.24) is 0 Å². The molecule has 0 saturated carbocycles. The second kappa shape index (κ2) is 10.3. The van der Waals surface area contributed by atoms with Gasteiger partial charge in [-0.3, -0.25) is 0 Å². The Labute approximate surface area is 145 Å². The van der Waals surface area contributed by atoms with Gasteiger partial charge in [-0.1, -0.05) is 60.7 Å². The first-order chi connectivity index (χ1) is 10.5. The molecule has 0 bridgehead atoms. The molecule has 0 aliphatic carbocycles. The van der Waals surface area contributed by atoms with Gasteiger partial charge in [-0.25, -0.2) is 0 Å². The first-order valence-corrected chi connectivity index (χ1v) is 8.67. The molecule has 2 nitrogen and oxygen atoms in total. The van der Waals surface area contributed by atoms with Crippen molar-refractivity contribution in [3.8, 4) is 11.5 Å². The van der Waals surface area contributed by atoms with Crippen LogP contribution in [0.5, 0.6) is 11.5 Å². The molecule has 0 radical (unpaired) electrons. The van der Waals surface area contributed by atoms with Crippen molar-refractivity contribution in [3.05, 3.63) is 77.6 Å². The quantitative estimate of drug-likeness (QED) is 0.588. The van der Waals surface area contributed by atoms with Gasteiger partial charge in [-0.2, -0.15) is 0 Å². The zero-order valence-electron chi connectivity index (χ0n) is 12.7. The SMILES string of the molecule is Cc1c[pH][c]([Ti+2])c1C.[O-]c1ccccc1.[O-]c1ccccc1. The molecule has 0 fully saturated rings. The predicted molar refractivity (Wildman–Crippen MR) is 86.8 cm³/mol. The number of aryl methyl sites for hydroxylation is 1. The first-order valence-electron chi connectivity index (χ1n) is 6.81. The normalized spacial score (nSPS) is 9.45. The summed E-state index contributed by atoms with van der Waals surface area (Å²) in [5, 5.41) is 20.5. The molecule has 3 aromatic rings. The molecule has 0 amide bonds. The van der Waals surface area contributed by atoms with Crippen molar-refractivity contribution < 1.29 is 30.6 Å². The van der Waals surface area contributed by atoms with E-state index in [1.54, 1.807) is 27.9 Å². The monoisotopic (exact) mass is 345 g/mol. The molecule has 2 aromatic carbocycles. The van der Waals surface area contributed by atoms with Crippen LogP contribution in [0.15, 0.2) is 66.5 Å². The summed E-state index contributed by atoms with van der Waals surface area (Å²) >= 11 is 2.21. The average molecular weight is 345 g/mol. The Hall–Kier alpha value is -1.47. The van der Waals surface area contributed by atoms with E-state index < -0.39 is 0 Å². The third-order valence-corrected chi connectivity index (χ3v) is 5.39. The molecule has 1 heterocycles. The topological polar surface area (TPSA) is 46.1 Å². The van der Waals surface area contributed by atoms with Gasteiger partial charge in [0.1, 0.15) is 0 Å². The molecule has 22 heavy (non-hydrogen) atoms. The van der Waals surface area contributed by atoms with E-state index in [1.807, 2.05) is 12.1 Å². The van der Waals surface area contributed by atoms with Crippen molar-refractivity contribution in [2.75, 3.05) is 0 Å². The van der Waals surface area contributed by atoms with E-state index >= 15 is 0 Å². The fourth-order valence-electron chi connectivity index (χ4n) is 1.44. The van der Waals surface area contributed by atoms with E-state index in [9.17, 15) is 10.2 Å². The van der Waals surface area contributed by atoms with Crippen LogP contribution in [-0.2, 0) is 20.4 Å². The summed E-state index contributed by atoms with van der Waals surface area (Å²) in [4.78, 5) is 0. The molecule has 111 valence electrons. The summed E-state index contributed by atoms with van der Waals surface area (Å²) in [5.41, 5.74) is 2.98. The predicted octanol–water partition coefficient (Wildman–Crippen LogP) is 3.03. The summed E-state index contributed by atoms with van der Waals surface area (Å²) in [6, 6.07) is 16.7. The fourth-order valence-corrected chi connectivity index (χ4v) is 3.07. The molecular weight excluding hydrogens is 327 g/mol. The van der Waals surface area contributed by atoms with Crippen LogP contribution >= 0.6 is 8.19 Å². The molecular formula is C18H18O2PTi. The second-order valence-corrected chi connectivity index (χ2v) is 7.24. The van der Waals surface area contributed by atoms with Crippen molar-refractivity contribution in [2.24, 2.45) is 0 Å². The third-order valence-electron chi connectivity index (χ3n) is 2.89. The van der Waals surface area contributed by atoms with Crippen LogP contribution in [0.4, 0.5) is 0 Å². The van der Waals surface area contributed by atoms with E-state index in [1.165, 1.54) is 35.4 Å². The summed E-state index contributed by atoms with van der Waals surface area (Å²) in [6.45, 7) is 4.38. The average Bonchev–Trinajstić information content (AvgIpc) is 2.81. The molecule has 4 heteroatoms. The van der Waals surface area contributed by atoms with E-state index in [-0.39, 0.29) is 11.5 Å². The fraction of sp³-hybridized carbons (Fsp3) is 0.111. The van der Waals surface area contributed by atoms with Gasteiger partial charge in [0.2, 0.25) is 0 Å². The number of benzene rings is 2. The molecule has 1 atom stereocenters. The molecule has 3 rings (SSSR count). The van der Waals surface area contributed by atoms with Crippen molar-refractivity contribution >= 4 is 11.8 Å². The Morgan fingerprint density at radius 1 is 0.773 bits per heavy atom. The Kier molecular flexibility index (Phi) is 8.69. The van der Waals surface area contributed by atoms with Crippen LogP contribution in [-0.4, -0.2) is 0 Å². The summed E-state index contributed by atoms with van der Waals surface area (Å²) < 4.78 is 1.56. The second-order valence-electron chi connectivity index (χ2n) is 4.60. The van der Waals surface area contributed by atoms with Gasteiger partial charge in [0, 0.05) is 0 Å². The van der Waals surface area contributed by atoms with Gasteiger partial charge in [-0.05, 0) is 0 Å². The summed E-state index contributed by atoms with van der Waals surface area (Å²) in [5.74, 6) is 2.45. The van der Waals surface area contributed by atoms with Crippen LogP contribution in [0.25, 0.3) is 0 Å². The van der Waals surface area contributed by atoms with Crippen molar-refractivity contribution in [2.45, 2.75) is 13.8 Å². The van der Waals surface area contributed by atoms with Gasteiger partial charge in [-0.15, -0.1) is 11.5 Å². The molecule has 1 unspecified atom stereocenters. The van der Waals surface area contributed by atoms with Crippen molar-refractivity contribution in [3.63, 3.8) is 0 Å². The molecule has 0 spiro atoms. The Bertz CT molecular complexity index is 594. The van der Waals surface area contributed by atoms with Gasteiger partial charge < -0.3 is 10.2 Å². The number of rotatable bonds is 0. The number of para-hydroxylation sites is 2. The number of hydrogen-bond acceptors (Lipinski definition) is 2. The standard InChI is InChI=1S/2C6H6O.C6H8P.Ti/c2*7-6-4-2-1-3-5-6;1-5-3-7-4-6(5)2;/h2*1-5,7H;3,7H,1-2H3;/q;;;+2/p-2. The molecule has 0 saturated heterocycles. The van der Waals surface area contributed by atoms with Crippen LogP contribution in [0.2, 0.25) is 0 Å². The van der Waals surface area contributed by atoms with E-state index in [0.717, 1.165) is 8.19 Å². The summed E-state index contributed by atoms with van der Waals surface area (Å²) in [7, 11) is 0.961. The molecule has 0 N–H and O–H groups in total. The van der Waals surface area contributed by atoms with Gasteiger partial charge in [0.25, 0.3) is 0 Å². The summed E-state index contributed by atoms with van der Waals surface area (Å²) in [6.07, 6.45) is 0. The zero-order valence-corrected chi connectivity index (χ0v) is 15.2. The van der Waals surface area contributed by atoms with Gasteiger partial charge in [0.15, 0.2) is 0 Å². The molecule has 1 aromatic heterocycles. The maximum absolute atomic E-state index is 10.3. The van der Waals surface area contributed by atoms with Crippen LogP contribution in [0.3, 0.4) is 0 Å². The van der Waals surface area contributed by atoms with Gasteiger partial charge in [0.05, 0.1) is 0 Å². The maximum Gasteiger partial charge on any atom is -0.0623 e. The van der Waals surface area contributed by atoms with E-state index in [4.69, 9.17) is 0 Å². The minimum absolute atomic E-state index is 0.0718.